The van der Waals surface area contributed by atoms with Crippen molar-refractivity contribution < 1.29 is 36.5 Å². The summed E-state index contributed by atoms with van der Waals surface area (Å²) in [5.74, 6) is -1.41. The molecule has 218 valence electrons. The molecule has 1 aliphatic heterocycles. The van der Waals surface area contributed by atoms with Crippen LogP contribution < -0.4 is 0 Å². The van der Waals surface area contributed by atoms with Crippen LogP contribution in [0, 0.1) is 25.5 Å². The van der Waals surface area contributed by atoms with Gasteiger partial charge < -0.3 is 14.6 Å². The average molecular weight is 598 g/mol. The van der Waals surface area contributed by atoms with Crippen LogP contribution in [0.2, 0.25) is 5.02 Å². The highest BCUT2D eigenvalue weighted by Crippen LogP contribution is 2.38. The molecule has 4 aromatic rings. The van der Waals surface area contributed by atoms with Crippen LogP contribution in [-0.4, -0.2) is 54.6 Å². The Bertz CT molecular complexity index is 1550. The molecule has 0 bridgehead atoms. The van der Waals surface area contributed by atoms with E-state index in [0.717, 1.165) is 22.8 Å². The molecule has 0 aliphatic carbocycles. The Balaban J connectivity index is 1.51. The van der Waals surface area contributed by atoms with Crippen molar-refractivity contribution in [1.82, 2.24) is 24.5 Å². The van der Waals surface area contributed by atoms with Crippen LogP contribution in [0.5, 0.6) is 0 Å². The largest absolute Gasteiger partial charge is 0.418 e. The van der Waals surface area contributed by atoms with Gasteiger partial charge in [-0.05, 0) is 56.7 Å². The zero-order valence-corrected chi connectivity index (χ0v) is 22.8. The Morgan fingerprint density at radius 1 is 1.12 bits per heavy atom. The van der Waals surface area contributed by atoms with Gasteiger partial charge in [0.25, 0.3) is 0 Å². The minimum Gasteiger partial charge on any atom is -0.388 e. The number of rotatable bonds is 8. The number of ether oxygens (including phenoxy) is 2. The van der Waals surface area contributed by atoms with Crippen LogP contribution in [0.4, 0.5) is 22.0 Å². The maximum absolute atomic E-state index is 14.1. The fraction of sp³-hybridized carbons (Fsp3) is 0.370. The monoisotopic (exact) mass is 597 g/mol. The Labute approximate surface area is 236 Å². The van der Waals surface area contributed by atoms with Gasteiger partial charge in [-0.1, -0.05) is 11.6 Å². The summed E-state index contributed by atoms with van der Waals surface area (Å²) < 4.78 is 84.1. The van der Waals surface area contributed by atoms with Crippen LogP contribution in [0.1, 0.15) is 35.8 Å². The summed E-state index contributed by atoms with van der Waals surface area (Å²) in [5, 5.41) is 23.7. The normalized spacial score (nSPS) is 18.8. The molecule has 0 spiro atoms. The SMILES string of the molecule is Cc1c(F)cc(-c2cnn(CC(O)C(OC3COC3C)c3nnc(C)n3-c3cc(Cl)ccc3C(F)(F)F)c2)cc1F. The fourth-order valence-corrected chi connectivity index (χ4v) is 4.70. The zero-order valence-electron chi connectivity index (χ0n) is 22.0. The lowest BCUT2D eigenvalue weighted by Crippen LogP contribution is -2.47. The Morgan fingerprint density at radius 2 is 1.83 bits per heavy atom. The van der Waals surface area contributed by atoms with Crippen molar-refractivity contribution >= 4 is 11.6 Å². The molecule has 14 heteroatoms. The number of hydrogen-bond acceptors (Lipinski definition) is 6. The van der Waals surface area contributed by atoms with E-state index in [0.29, 0.717) is 5.56 Å². The van der Waals surface area contributed by atoms with Gasteiger partial charge in [0.05, 0.1) is 36.7 Å². The molecule has 2 aromatic carbocycles. The topological polar surface area (TPSA) is 87.2 Å². The smallest absolute Gasteiger partial charge is 0.388 e. The molecule has 8 nitrogen and oxygen atoms in total. The summed E-state index contributed by atoms with van der Waals surface area (Å²) in [5.41, 5.74) is -0.782. The Kier molecular flexibility index (Phi) is 7.90. The van der Waals surface area contributed by atoms with E-state index in [1.807, 2.05) is 0 Å². The van der Waals surface area contributed by atoms with Crippen molar-refractivity contribution in [3.63, 3.8) is 0 Å². The number of halogens is 6. The third-order valence-electron chi connectivity index (χ3n) is 6.95. The number of hydrogen-bond donors (Lipinski definition) is 1. The molecule has 1 N–H and O–H groups in total. The second-order valence-electron chi connectivity index (χ2n) is 9.82. The number of aryl methyl sites for hydroxylation is 1. The minimum absolute atomic E-state index is 0.0548. The lowest BCUT2D eigenvalue weighted by molar-refractivity contribution is -0.218. The summed E-state index contributed by atoms with van der Waals surface area (Å²) in [6.45, 7) is 4.56. The van der Waals surface area contributed by atoms with Crippen molar-refractivity contribution in [1.29, 1.82) is 0 Å². The van der Waals surface area contributed by atoms with Gasteiger partial charge in [0.15, 0.2) is 5.82 Å². The number of alkyl halides is 3. The number of nitrogens with zero attached hydrogens (tertiary/aromatic N) is 5. The van der Waals surface area contributed by atoms with E-state index in [4.69, 9.17) is 21.1 Å². The number of benzene rings is 2. The maximum atomic E-state index is 14.1. The van der Waals surface area contributed by atoms with E-state index in [2.05, 4.69) is 15.3 Å². The molecule has 0 saturated carbocycles. The highest BCUT2D eigenvalue weighted by atomic mass is 35.5. The second kappa shape index (κ2) is 11.1. The molecule has 4 unspecified atom stereocenters. The van der Waals surface area contributed by atoms with E-state index in [1.54, 1.807) is 6.92 Å². The molecule has 0 amide bonds. The van der Waals surface area contributed by atoms with E-state index < -0.39 is 41.7 Å². The van der Waals surface area contributed by atoms with Crippen LogP contribution in [0.15, 0.2) is 42.7 Å². The van der Waals surface area contributed by atoms with Crippen LogP contribution in [0.25, 0.3) is 16.8 Å². The first-order chi connectivity index (χ1) is 19.3. The first-order valence-corrected chi connectivity index (χ1v) is 12.9. The first-order valence-electron chi connectivity index (χ1n) is 12.6. The second-order valence-corrected chi connectivity index (χ2v) is 10.3. The molecule has 1 saturated heterocycles. The molecule has 1 fully saturated rings. The summed E-state index contributed by atoms with van der Waals surface area (Å²) in [6, 6.07) is 5.48. The highest BCUT2D eigenvalue weighted by molar-refractivity contribution is 6.30. The van der Waals surface area contributed by atoms with Crippen LogP contribution in [0.3, 0.4) is 0 Å². The van der Waals surface area contributed by atoms with Crippen molar-refractivity contribution in [2.75, 3.05) is 6.61 Å². The fourth-order valence-electron chi connectivity index (χ4n) is 4.53. The Morgan fingerprint density at radius 3 is 2.44 bits per heavy atom. The zero-order chi connectivity index (χ0) is 29.6. The number of aliphatic hydroxyl groups is 1. The molecule has 1 aliphatic rings. The quantitative estimate of drug-likeness (QED) is 0.266. The maximum Gasteiger partial charge on any atom is 0.418 e. The Hall–Kier alpha value is -3.39. The molecule has 41 heavy (non-hydrogen) atoms. The third kappa shape index (κ3) is 5.85. The minimum atomic E-state index is -4.72. The standard InChI is InChI=1S/C27H25ClF5N5O3/c1-13-20(29)6-16(7-21(13)30)17-9-34-37(10-17)11-23(39)25(41-24-12-40-14(24)2)26-36-35-15(3)38(26)22-8-18(28)4-5-19(22)27(31,32)33/h4-10,14,23-25,39H,11-12H2,1-3H3. The van der Waals surface area contributed by atoms with Gasteiger partial charge in [0.1, 0.15) is 35.8 Å². The van der Waals surface area contributed by atoms with Gasteiger partial charge in [0.2, 0.25) is 0 Å². The first kappa shape index (κ1) is 29.1. The number of aliphatic hydroxyl groups excluding tert-OH is 1. The van der Waals surface area contributed by atoms with Gasteiger partial charge in [-0.2, -0.15) is 18.3 Å². The molecule has 5 rings (SSSR count). The van der Waals surface area contributed by atoms with Crippen molar-refractivity contribution in [3.05, 3.63) is 82.2 Å². The molecule has 2 aromatic heterocycles. The summed E-state index contributed by atoms with van der Waals surface area (Å²) >= 11 is 6.08. The van der Waals surface area contributed by atoms with E-state index in [9.17, 15) is 27.1 Å². The average Bonchev–Trinajstić information content (AvgIpc) is 3.52. The van der Waals surface area contributed by atoms with E-state index in [1.165, 1.54) is 43.1 Å². The lowest BCUT2D eigenvalue weighted by Gasteiger charge is -2.37. The molecular weight excluding hydrogens is 573 g/mol. The third-order valence-corrected chi connectivity index (χ3v) is 7.18. The molecule has 0 radical (unpaired) electrons. The van der Waals surface area contributed by atoms with Crippen LogP contribution >= 0.6 is 11.6 Å². The molecule has 3 heterocycles. The van der Waals surface area contributed by atoms with Crippen molar-refractivity contribution in [2.24, 2.45) is 0 Å². The van der Waals surface area contributed by atoms with Gasteiger partial charge in [-0.15, -0.1) is 10.2 Å². The summed E-state index contributed by atoms with van der Waals surface area (Å²) in [6.07, 6.45) is -5.34. The van der Waals surface area contributed by atoms with E-state index >= 15 is 0 Å². The highest BCUT2D eigenvalue weighted by Gasteiger charge is 2.40. The predicted octanol–water partition coefficient (Wildman–Crippen LogP) is 5.60. The van der Waals surface area contributed by atoms with Crippen molar-refractivity contribution in [2.45, 2.75) is 57.9 Å². The van der Waals surface area contributed by atoms with Gasteiger partial charge in [-0.25, -0.2) is 8.78 Å². The summed E-state index contributed by atoms with van der Waals surface area (Å²) in [7, 11) is 0. The van der Waals surface area contributed by atoms with E-state index in [-0.39, 0.29) is 52.7 Å². The van der Waals surface area contributed by atoms with Gasteiger partial charge in [0, 0.05) is 22.3 Å². The lowest BCUT2D eigenvalue weighted by atomic mass is 10.1. The molecular formula is C27H25ClF5N5O3. The molecule has 4 atom stereocenters. The van der Waals surface area contributed by atoms with Gasteiger partial charge >= 0.3 is 6.18 Å². The summed E-state index contributed by atoms with van der Waals surface area (Å²) in [4.78, 5) is 0. The predicted molar refractivity (Wildman–Crippen MR) is 137 cm³/mol. The van der Waals surface area contributed by atoms with Gasteiger partial charge in [-0.3, -0.25) is 9.25 Å². The van der Waals surface area contributed by atoms with Crippen LogP contribution in [-0.2, 0) is 22.2 Å². The van der Waals surface area contributed by atoms with Crippen molar-refractivity contribution in [3.8, 4) is 16.8 Å². The number of aromatic nitrogens is 5.